The Morgan fingerprint density at radius 3 is 2.67 bits per heavy atom. The van der Waals surface area contributed by atoms with Crippen LogP contribution in [0.5, 0.6) is 0 Å². The van der Waals surface area contributed by atoms with Crippen molar-refractivity contribution in [2.24, 2.45) is 0 Å². The molecule has 0 bridgehead atoms. The van der Waals surface area contributed by atoms with Crippen molar-refractivity contribution in [1.29, 1.82) is 0 Å². The monoisotopic (exact) mass is 256 g/mol. The highest BCUT2D eigenvalue weighted by molar-refractivity contribution is 5.23. The zero-order chi connectivity index (χ0) is 13.4. The summed E-state index contributed by atoms with van der Waals surface area (Å²) in [5, 5.41) is 20.4. The van der Waals surface area contributed by atoms with Crippen LogP contribution in [0.2, 0.25) is 0 Å². The van der Waals surface area contributed by atoms with Crippen LogP contribution in [-0.4, -0.2) is 41.5 Å². The smallest absolute Gasteiger partial charge is 0.318 e. The van der Waals surface area contributed by atoms with Crippen molar-refractivity contribution in [3.63, 3.8) is 0 Å². The Bertz CT molecular complexity index is 324. The molecule has 1 rings (SSSR count). The van der Waals surface area contributed by atoms with Crippen LogP contribution in [0.25, 0.3) is 0 Å². The van der Waals surface area contributed by atoms with Gasteiger partial charge in [0, 0.05) is 13.1 Å². The van der Waals surface area contributed by atoms with Crippen LogP contribution in [-0.2, 0) is 0 Å². The van der Waals surface area contributed by atoms with Crippen molar-refractivity contribution in [1.82, 2.24) is 15.5 Å². The minimum Gasteiger partial charge on any atom is -0.406 e. The van der Waals surface area contributed by atoms with Gasteiger partial charge in [0.05, 0.1) is 12.6 Å². The van der Waals surface area contributed by atoms with Crippen LogP contribution in [0.1, 0.15) is 45.5 Å². The van der Waals surface area contributed by atoms with Crippen molar-refractivity contribution in [3.8, 4) is 0 Å². The maximum Gasteiger partial charge on any atom is 0.318 e. The molecule has 2 N–H and O–H groups in total. The molecular formula is C12H24N4O2. The van der Waals surface area contributed by atoms with E-state index < -0.39 is 0 Å². The van der Waals surface area contributed by atoms with Gasteiger partial charge >= 0.3 is 6.01 Å². The number of aromatic nitrogens is 2. The molecule has 0 saturated carbocycles. The average Bonchev–Trinajstić information content (AvgIpc) is 2.85. The summed E-state index contributed by atoms with van der Waals surface area (Å²) in [6, 6.07) is 0.551. The molecule has 1 heterocycles. The molecule has 0 aliphatic rings. The average molecular weight is 256 g/mol. The summed E-state index contributed by atoms with van der Waals surface area (Å²) in [6.45, 7) is 8.53. The minimum atomic E-state index is 0.0591. The maximum atomic E-state index is 9.01. The summed E-state index contributed by atoms with van der Waals surface area (Å²) in [5.41, 5.74) is 0. The highest BCUT2D eigenvalue weighted by atomic mass is 16.4. The van der Waals surface area contributed by atoms with E-state index in [4.69, 9.17) is 9.52 Å². The van der Waals surface area contributed by atoms with E-state index in [-0.39, 0.29) is 12.6 Å². The lowest BCUT2D eigenvalue weighted by molar-refractivity contribution is 0.297. The fourth-order valence-corrected chi connectivity index (χ4v) is 1.67. The topological polar surface area (TPSA) is 74.4 Å². The van der Waals surface area contributed by atoms with Gasteiger partial charge in [-0.25, -0.2) is 0 Å². The van der Waals surface area contributed by atoms with E-state index in [1.54, 1.807) is 0 Å². The van der Waals surface area contributed by atoms with Crippen molar-refractivity contribution >= 4 is 6.01 Å². The first kappa shape index (κ1) is 14.9. The third-order valence-electron chi connectivity index (χ3n) is 2.63. The Labute approximate surface area is 108 Å². The molecule has 104 valence electrons. The van der Waals surface area contributed by atoms with E-state index in [2.05, 4.69) is 29.4 Å². The molecule has 0 saturated heterocycles. The molecule has 0 spiro atoms. The molecular weight excluding hydrogens is 232 g/mol. The molecule has 0 aliphatic carbocycles. The molecule has 1 aromatic heterocycles. The van der Waals surface area contributed by atoms with Crippen LogP contribution in [0, 0.1) is 0 Å². The van der Waals surface area contributed by atoms with Gasteiger partial charge in [-0.1, -0.05) is 18.9 Å². The summed E-state index contributed by atoms with van der Waals surface area (Å²) in [6.07, 6.45) is 2.04. The molecule has 0 radical (unpaired) electrons. The van der Waals surface area contributed by atoms with Gasteiger partial charge in [-0.2, -0.15) is 0 Å². The van der Waals surface area contributed by atoms with Crippen molar-refractivity contribution in [2.45, 2.75) is 39.7 Å². The number of aliphatic hydroxyl groups is 1. The summed E-state index contributed by atoms with van der Waals surface area (Å²) in [5.74, 6) is 0.595. The van der Waals surface area contributed by atoms with Gasteiger partial charge in [-0.05, 0) is 26.3 Å². The van der Waals surface area contributed by atoms with Gasteiger partial charge in [0.1, 0.15) is 0 Å². The molecule has 6 nitrogen and oxygen atoms in total. The molecule has 18 heavy (non-hydrogen) atoms. The highest BCUT2D eigenvalue weighted by Crippen LogP contribution is 2.17. The molecule has 0 aliphatic heterocycles. The summed E-state index contributed by atoms with van der Waals surface area (Å²) < 4.78 is 5.64. The molecule has 1 unspecified atom stereocenters. The maximum absolute atomic E-state index is 9.01. The number of rotatable bonds is 9. The second-order valence-electron chi connectivity index (χ2n) is 4.31. The Kier molecular flexibility index (Phi) is 6.67. The number of hydrogen-bond acceptors (Lipinski definition) is 6. The van der Waals surface area contributed by atoms with E-state index in [0.717, 1.165) is 25.9 Å². The predicted molar refractivity (Wildman–Crippen MR) is 70.6 cm³/mol. The lowest BCUT2D eigenvalue weighted by atomic mass is 10.3. The summed E-state index contributed by atoms with van der Waals surface area (Å²) in [7, 11) is 0. The molecule has 1 atom stereocenters. The first-order chi connectivity index (χ1) is 8.72. The van der Waals surface area contributed by atoms with Gasteiger partial charge in [-0.15, -0.1) is 5.10 Å². The number of aliphatic hydroxyl groups excluding tert-OH is 1. The van der Waals surface area contributed by atoms with Gasteiger partial charge in [0.15, 0.2) is 0 Å². The first-order valence-electron chi connectivity index (χ1n) is 6.65. The first-order valence-corrected chi connectivity index (χ1v) is 6.65. The van der Waals surface area contributed by atoms with Crippen LogP contribution >= 0.6 is 0 Å². The Hall–Kier alpha value is -1.14. The van der Waals surface area contributed by atoms with Crippen LogP contribution in [0.4, 0.5) is 6.01 Å². The van der Waals surface area contributed by atoms with Gasteiger partial charge in [0.2, 0.25) is 5.89 Å². The third-order valence-corrected chi connectivity index (χ3v) is 2.63. The molecule has 0 aromatic carbocycles. The number of nitrogens with one attached hydrogen (secondary N) is 1. The van der Waals surface area contributed by atoms with Crippen LogP contribution in [0.3, 0.4) is 0 Å². The summed E-state index contributed by atoms with van der Waals surface area (Å²) >= 11 is 0. The fraction of sp³-hybridized carbons (Fsp3) is 0.833. The lowest BCUT2D eigenvalue weighted by Crippen LogP contribution is -2.27. The molecule has 6 heteroatoms. The molecule has 0 amide bonds. The second-order valence-corrected chi connectivity index (χ2v) is 4.31. The van der Waals surface area contributed by atoms with Gasteiger partial charge in [-0.3, -0.25) is 0 Å². The quantitative estimate of drug-likeness (QED) is 0.694. The number of nitrogens with zero attached hydrogens (tertiary/aromatic N) is 3. The predicted octanol–water partition coefficient (Wildman–Crippen LogP) is 1.34. The zero-order valence-electron chi connectivity index (χ0n) is 11.5. The van der Waals surface area contributed by atoms with Gasteiger partial charge < -0.3 is 19.7 Å². The normalized spacial score (nSPS) is 12.7. The van der Waals surface area contributed by atoms with Crippen molar-refractivity contribution in [2.75, 3.05) is 31.1 Å². The largest absolute Gasteiger partial charge is 0.406 e. The van der Waals surface area contributed by atoms with Crippen LogP contribution < -0.4 is 10.2 Å². The van der Waals surface area contributed by atoms with Gasteiger partial charge in [0.25, 0.3) is 0 Å². The Morgan fingerprint density at radius 2 is 2.06 bits per heavy atom. The molecule has 0 fully saturated rings. The molecule has 1 aromatic rings. The third kappa shape index (κ3) is 4.27. The highest BCUT2D eigenvalue weighted by Gasteiger charge is 2.16. The number of hydrogen-bond donors (Lipinski definition) is 2. The minimum absolute atomic E-state index is 0.0591. The fourth-order valence-electron chi connectivity index (χ4n) is 1.67. The standard InChI is InChI=1S/C12H24N4O2/c1-4-6-13-10(3)11-14-15-12(18-11)16(7-5-2)8-9-17/h10,13,17H,4-9H2,1-3H3. The van der Waals surface area contributed by atoms with E-state index in [0.29, 0.717) is 18.5 Å². The van der Waals surface area contributed by atoms with E-state index in [1.165, 1.54) is 0 Å². The van der Waals surface area contributed by atoms with Crippen molar-refractivity contribution < 1.29 is 9.52 Å². The zero-order valence-corrected chi connectivity index (χ0v) is 11.5. The Morgan fingerprint density at radius 1 is 1.28 bits per heavy atom. The number of anilines is 1. The van der Waals surface area contributed by atoms with Crippen molar-refractivity contribution in [3.05, 3.63) is 5.89 Å². The Balaban J connectivity index is 2.64. The van der Waals surface area contributed by atoms with E-state index >= 15 is 0 Å². The van der Waals surface area contributed by atoms with E-state index in [9.17, 15) is 0 Å². The van der Waals surface area contributed by atoms with Crippen LogP contribution in [0.15, 0.2) is 4.42 Å². The SMILES string of the molecule is CCCNC(C)c1nnc(N(CCC)CCO)o1. The lowest BCUT2D eigenvalue weighted by Gasteiger charge is -2.17. The second kappa shape index (κ2) is 8.05. The van der Waals surface area contributed by atoms with E-state index in [1.807, 2.05) is 11.8 Å². The summed E-state index contributed by atoms with van der Waals surface area (Å²) in [4.78, 5) is 1.91.